The van der Waals surface area contributed by atoms with Crippen molar-refractivity contribution >= 4 is 17.8 Å². The average Bonchev–Trinajstić information content (AvgIpc) is 3.01. The smallest absolute Gasteiger partial charge is 0.336 e. The van der Waals surface area contributed by atoms with E-state index < -0.39 is 11.9 Å². The summed E-state index contributed by atoms with van der Waals surface area (Å²) in [6, 6.07) is 5.48. The molecular formula is C19H28N2O4. The maximum atomic E-state index is 10.5. The summed E-state index contributed by atoms with van der Waals surface area (Å²) in [6.45, 7) is 11.2. The molecule has 1 aromatic carbocycles. The van der Waals surface area contributed by atoms with Crippen LogP contribution in [0.25, 0.3) is 0 Å². The zero-order valence-electron chi connectivity index (χ0n) is 15.5. The third-order valence-electron chi connectivity index (χ3n) is 4.62. The minimum absolute atomic E-state index is 0.190. The van der Waals surface area contributed by atoms with Gasteiger partial charge in [0.15, 0.2) is 0 Å². The van der Waals surface area contributed by atoms with E-state index in [1.807, 2.05) is 0 Å². The first-order valence-electron chi connectivity index (χ1n) is 8.73. The number of likely N-dealkylation sites (N-methyl/N-ethyl adjacent to an activating group) is 1. The highest BCUT2D eigenvalue weighted by atomic mass is 16.4. The highest BCUT2D eigenvalue weighted by molar-refractivity contribution is 6.01. The van der Waals surface area contributed by atoms with Gasteiger partial charge in [0.25, 0.3) is 0 Å². The molecule has 0 saturated carbocycles. The molecular weight excluding hydrogens is 320 g/mol. The number of aliphatic imine (C=N–C) groups is 1. The van der Waals surface area contributed by atoms with Crippen molar-refractivity contribution in [3.05, 3.63) is 35.4 Å². The molecule has 2 rings (SSSR count). The van der Waals surface area contributed by atoms with Crippen LogP contribution in [0.15, 0.2) is 29.3 Å². The van der Waals surface area contributed by atoms with Gasteiger partial charge in [-0.2, -0.15) is 0 Å². The van der Waals surface area contributed by atoms with E-state index in [1.54, 1.807) is 0 Å². The van der Waals surface area contributed by atoms with Gasteiger partial charge in [0.05, 0.1) is 22.5 Å². The van der Waals surface area contributed by atoms with Crippen LogP contribution in [0, 0.1) is 0 Å². The van der Waals surface area contributed by atoms with E-state index in [1.165, 1.54) is 42.9 Å². The van der Waals surface area contributed by atoms with Crippen molar-refractivity contribution in [2.45, 2.75) is 52.5 Å². The van der Waals surface area contributed by atoms with Gasteiger partial charge in [-0.3, -0.25) is 4.99 Å². The van der Waals surface area contributed by atoms with Crippen LogP contribution in [0.5, 0.6) is 0 Å². The summed E-state index contributed by atoms with van der Waals surface area (Å²) in [5.41, 5.74) is -0.142. The van der Waals surface area contributed by atoms with E-state index in [0.29, 0.717) is 0 Å². The first-order chi connectivity index (χ1) is 11.8. The van der Waals surface area contributed by atoms with Crippen LogP contribution < -0.4 is 0 Å². The van der Waals surface area contributed by atoms with Gasteiger partial charge in [-0.25, -0.2) is 9.59 Å². The summed E-state index contributed by atoms with van der Waals surface area (Å²) in [7, 11) is 0. The molecule has 25 heavy (non-hydrogen) atoms. The Balaban J connectivity index is 0.000000251. The third-order valence-corrected chi connectivity index (χ3v) is 4.62. The molecule has 0 bridgehead atoms. The molecule has 0 atom stereocenters. The molecule has 0 aliphatic carbocycles. The summed E-state index contributed by atoms with van der Waals surface area (Å²) in [5.74, 6) is -1.15. The summed E-state index contributed by atoms with van der Waals surface area (Å²) in [5, 5.41) is 17.1. The number of hydrogen-bond donors (Lipinski definition) is 2. The molecule has 6 heteroatoms. The van der Waals surface area contributed by atoms with Crippen molar-refractivity contribution in [1.82, 2.24) is 4.90 Å². The maximum absolute atomic E-state index is 10.5. The van der Waals surface area contributed by atoms with Gasteiger partial charge in [-0.1, -0.05) is 32.9 Å². The van der Waals surface area contributed by atoms with Crippen LogP contribution in [0.3, 0.4) is 0 Å². The van der Waals surface area contributed by atoms with Gasteiger partial charge < -0.3 is 15.1 Å². The Labute approximate surface area is 149 Å². The van der Waals surface area contributed by atoms with Gasteiger partial charge >= 0.3 is 11.9 Å². The molecule has 0 spiro atoms. The van der Waals surface area contributed by atoms with Crippen molar-refractivity contribution in [2.24, 2.45) is 4.99 Å². The predicted molar refractivity (Wildman–Crippen MR) is 98.6 cm³/mol. The largest absolute Gasteiger partial charge is 0.478 e. The Bertz CT molecular complexity index is 603. The monoisotopic (exact) mass is 348 g/mol. The Morgan fingerprint density at radius 2 is 1.52 bits per heavy atom. The fraction of sp³-hybridized carbons (Fsp3) is 0.526. The molecule has 0 unspecified atom stereocenters. The highest BCUT2D eigenvalue weighted by Gasteiger charge is 2.34. The lowest BCUT2D eigenvalue weighted by Gasteiger charge is -2.25. The number of benzene rings is 1. The van der Waals surface area contributed by atoms with Gasteiger partial charge in [0, 0.05) is 19.5 Å². The van der Waals surface area contributed by atoms with Crippen molar-refractivity contribution in [2.75, 3.05) is 13.1 Å². The molecule has 1 aliphatic rings. The van der Waals surface area contributed by atoms with Crippen molar-refractivity contribution in [3.8, 4) is 0 Å². The maximum Gasteiger partial charge on any atom is 0.336 e. The molecule has 1 aliphatic heterocycles. The molecule has 1 heterocycles. The molecule has 0 fully saturated rings. The summed E-state index contributed by atoms with van der Waals surface area (Å²) < 4.78 is 0. The quantitative estimate of drug-likeness (QED) is 0.816. The fourth-order valence-corrected chi connectivity index (χ4v) is 2.91. The number of amidine groups is 1. The zero-order chi connectivity index (χ0) is 19.0. The molecule has 1 aromatic rings. The third kappa shape index (κ3) is 5.05. The van der Waals surface area contributed by atoms with Crippen LogP contribution in [0.2, 0.25) is 0 Å². The minimum atomic E-state index is -1.23. The number of carboxylic acid groups (broad SMARTS) is 2. The number of carboxylic acids is 2. The van der Waals surface area contributed by atoms with E-state index in [4.69, 9.17) is 15.2 Å². The number of nitrogens with zero attached hydrogens (tertiary/aromatic N) is 2. The summed E-state index contributed by atoms with van der Waals surface area (Å²) in [6.07, 6.45) is 3.42. The second-order valence-electron chi connectivity index (χ2n) is 5.98. The van der Waals surface area contributed by atoms with Crippen LogP contribution in [-0.4, -0.2) is 51.5 Å². The number of aromatic carboxylic acids is 2. The van der Waals surface area contributed by atoms with E-state index in [2.05, 4.69) is 32.6 Å². The average molecular weight is 348 g/mol. The number of rotatable bonds is 6. The topological polar surface area (TPSA) is 90.2 Å². The van der Waals surface area contributed by atoms with Crippen molar-refractivity contribution < 1.29 is 19.8 Å². The minimum Gasteiger partial charge on any atom is -0.478 e. The van der Waals surface area contributed by atoms with E-state index >= 15 is 0 Å². The lowest BCUT2D eigenvalue weighted by molar-refractivity contribution is 0.0651. The van der Waals surface area contributed by atoms with Crippen molar-refractivity contribution in [1.29, 1.82) is 0 Å². The first-order valence-corrected chi connectivity index (χ1v) is 8.73. The predicted octanol–water partition coefficient (Wildman–Crippen LogP) is 3.77. The second-order valence-corrected chi connectivity index (χ2v) is 5.98. The molecule has 0 saturated heterocycles. The number of hydrogen-bond acceptors (Lipinski definition) is 4. The van der Waals surface area contributed by atoms with Gasteiger partial charge in [-0.05, 0) is 31.9 Å². The standard InChI is InChI=1S/C11H22N2.C8H6O4/c1-5-10-12-11(6-2,7-3)9-13(10)8-4;9-7(10)5-3-1-2-4-6(5)8(11)12/h5-9H2,1-4H3;1-4H,(H,9,10)(H,11,12). The normalized spacial score (nSPS) is 15.2. The Morgan fingerprint density at radius 3 is 1.80 bits per heavy atom. The lowest BCUT2D eigenvalue weighted by Crippen LogP contribution is -2.34. The fourth-order valence-electron chi connectivity index (χ4n) is 2.91. The molecule has 138 valence electrons. The number of carbonyl (C=O) groups is 2. The lowest BCUT2D eigenvalue weighted by atomic mass is 9.94. The van der Waals surface area contributed by atoms with Crippen LogP contribution in [0.1, 0.15) is 67.7 Å². The van der Waals surface area contributed by atoms with Gasteiger partial charge in [0.2, 0.25) is 0 Å². The SMILES string of the molecule is CCC1=NC(CC)(CC)CN1CC.O=C(O)c1ccccc1C(=O)O. The van der Waals surface area contributed by atoms with Crippen LogP contribution in [0.4, 0.5) is 0 Å². The molecule has 6 nitrogen and oxygen atoms in total. The second kappa shape index (κ2) is 9.20. The highest BCUT2D eigenvalue weighted by Crippen LogP contribution is 2.28. The molecule has 2 N–H and O–H groups in total. The van der Waals surface area contributed by atoms with Crippen LogP contribution >= 0.6 is 0 Å². The Morgan fingerprint density at radius 1 is 1.04 bits per heavy atom. The van der Waals surface area contributed by atoms with Gasteiger partial charge in [-0.15, -0.1) is 0 Å². The van der Waals surface area contributed by atoms with E-state index in [0.717, 1.165) is 19.5 Å². The first kappa shape index (κ1) is 20.7. The Kier molecular flexibility index (Phi) is 7.61. The molecule has 0 aromatic heterocycles. The summed E-state index contributed by atoms with van der Waals surface area (Å²) in [4.78, 5) is 28.2. The molecule has 0 radical (unpaired) electrons. The Hall–Kier alpha value is -2.37. The van der Waals surface area contributed by atoms with Crippen LogP contribution in [-0.2, 0) is 0 Å². The summed E-state index contributed by atoms with van der Waals surface area (Å²) >= 11 is 0. The van der Waals surface area contributed by atoms with E-state index in [9.17, 15) is 9.59 Å². The van der Waals surface area contributed by atoms with E-state index in [-0.39, 0.29) is 16.7 Å². The zero-order valence-corrected chi connectivity index (χ0v) is 15.5. The molecule has 0 amide bonds. The van der Waals surface area contributed by atoms with Gasteiger partial charge in [0.1, 0.15) is 0 Å². The van der Waals surface area contributed by atoms with Crippen molar-refractivity contribution in [3.63, 3.8) is 0 Å².